The molecule has 0 spiro atoms. The topological polar surface area (TPSA) is 29.1 Å². The molecule has 4 rings (SSSR count). The molecule has 114 valence electrons. The van der Waals surface area contributed by atoms with Crippen LogP contribution in [-0.2, 0) is 4.79 Å². The molecule has 0 aromatic rings. The number of hydrogen-bond donors (Lipinski definition) is 1. The van der Waals surface area contributed by atoms with Crippen LogP contribution in [0.25, 0.3) is 0 Å². The Kier molecular flexibility index (Phi) is 3.94. The van der Waals surface area contributed by atoms with Crippen LogP contribution in [0.1, 0.15) is 65.2 Å². The Morgan fingerprint density at radius 3 is 2.50 bits per heavy atom. The van der Waals surface area contributed by atoms with Crippen molar-refractivity contribution < 1.29 is 4.79 Å². The zero-order valence-corrected chi connectivity index (χ0v) is 14.5. The van der Waals surface area contributed by atoms with Gasteiger partial charge in [0.1, 0.15) is 0 Å². The lowest BCUT2D eigenvalue weighted by molar-refractivity contribution is -0.155. The Balaban J connectivity index is 1.68. The third-order valence-corrected chi connectivity index (χ3v) is 6.54. The van der Waals surface area contributed by atoms with Gasteiger partial charge in [0.15, 0.2) is 0 Å². The van der Waals surface area contributed by atoms with Gasteiger partial charge in [-0.3, -0.25) is 4.79 Å². The first-order valence-corrected chi connectivity index (χ1v) is 9.44. The summed E-state index contributed by atoms with van der Waals surface area (Å²) in [5.41, 5.74) is 0.446. The Hall–Kier alpha value is -0.0500. The summed E-state index contributed by atoms with van der Waals surface area (Å²) in [6.07, 6.45) is 9.82. The second-order valence-electron chi connectivity index (χ2n) is 8.26. The van der Waals surface area contributed by atoms with Crippen molar-refractivity contribution in [1.29, 1.82) is 0 Å². The maximum absolute atomic E-state index is 12.9. The largest absolute Gasteiger partial charge is 0.353 e. The highest BCUT2D eigenvalue weighted by atomic mass is 79.9. The zero-order chi connectivity index (χ0) is 14.4. The van der Waals surface area contributed by atoms with E-state index in [9.17, 15) is 4.79 Å². The Morgan fingerprint density at radius 1 is 1.30 bits per heavy atom. The van der Waals surface area contributed by atoms with Crippen molar-refractivity contribution in [3.63, 3.8) is 0 Å². The van der Waals surface area contributed by atoms with E-state index in [-0.39, 0.29) is 5.41 Å². The van der Waals surface area contributed by atoms with Crippen molar-refractivity contribution in [3.05, 3.63) is 0 Å². The fraction of sp³-hybridized carbons (Fsp3) is 0.941. The van der Waals surface area contributed by atoms with E-state index >= 15 is 0 Å². The van der Waals surface area contributed by atoms with Gasteiger partial charge in [0, 0.05) is 11.4 Å². The van der Waals surface area contributed by atoms with Gasteiger partial charge in [0.25, 0.3) is 0 Å². The van der Waals surface area contributed by atoms with Crippen LogP contribution < -0.4 is 5.32 Å². The Morgan fingerprint density at radius 2 is 1.95 bits per heavy atom. The van der Waals surface area contributed by atoms with E-state index in [4.69, 9.17) is 0 Å². The second kappa shape index (κ2) is 5.30. The number of rotatable bonds is 5. The second-order valence-corrected chi connectivity index (χ2v) is 9.05. The minimum atomic E-state index is -0.0124. The molecule has 0 saturated heterocycles. The average molecular weight is 342 g/mol. The molecule has 4 aliphatic rings. The van der Waals surface area contributed by atoms with Gasteiger partial charge in [0.05, 0.1) is 5.41 Å². The molecular formula is C17H28BrNO. The predicted molar refractivity (Wildman–Crippen MR) is 85.9 cm³/mol. The predicted octanol–water partition coefficient (Wildman–Crippen LogP) is 4.27. The van der Waals surface area contributed by atoms with Crippen molar-refractivity contribution in [1.82, 2.24) is 5.32 Å². The van der Waals surface area contributed by atoms with Crippen LogP contribution in [0, 0.1) is 22.7 Å². The molecule has 4 aliphatic carbocycles. The smallest absolute Gasteiger partial charge is 0.226 e. The first-order valence-electron chi connectivity index (χ1n) is 8.32. The molecular weight excluding hydrogens is 314 g/mol. The summed E-state index contributed by atoms with van der Waals surface area (Å²) in [5, 5.41) is 4.36. The van der Waals surface area contributed by atoms with E-state index in [0.29, 0.717) is 17.4 Å². The van der Waals surface area contributed by atoms with Gasteiger partial charge in [0.2, 0.25) is 5.91 Å². The third kappa shape index (κ3) is 2.67. The highest BCUT2D eigenvalue weighted by molar-refractivity contribution is 9.09. The van der Waals surface area contributed by atoms with Crippen LogP contribution in [-0.4, -0.2) is 17.3 Å². The number of halogens is 1. The van der Waals surface area contributed by atoms with E-state index in [1.807, 2.05) is 0 Å². The molecule has 0 aromatic heterocycles. The summed E-state index contributed by atoms with van der Waals surface area (Å²) in [6.45, 7) is 4.59. The van der Waals surface area contributed by atoms with E-state index in [1.165, 1.54) is 19.3 Å². The van der Waals surface area contributed by atoms with Crippen molar-refractivity contribution in [2.75, 3.05) is 5.33 Å². The fourth-order valence-electron chi connectivity index (χ4n) is 5.82. The van der Waals surface area contributed by atoms with E-state index in [2.05, 4.69) is 35.1 Å². The molecule has 4 saturated carbocycles. The van der Waals surface area contributed by atoms with Crippen LogP contribution in [0.15, 0.2) is 0 Å². The highest BCUT2D eigenvalue weighted by Gasteiger charge is 2.58. The van der Waals surface area contributed by atoms with Gasteiger partial charge < -0.3 is 5.32 Å². The van der Waals surface area contributed by atoms with Gasteiger partial charge >= 0.3 is 0 Å². The molecule has 20 heavy (non-hydrogen) atoms. The van der Waals surface area contributed by atoms with Crippen molar-refractivity contribution in [2.45, 2.75) is 71.3 Å². The molecule has 0 heterocycles. The standard InChI is InChI=1S/C17H28BrNO/c1-12(4-3-5-18)19-15(20)17-9-13-6-14(10-17)8-16(2,7-13)11-17/h12-14H,3-11H2,1-2H3,(H,19,20). The molecule has 0 radical (unpaired) electrons. The minimum absolute atomic E-state index is 0.0124. The van der Waals surface area contributed by atoms with E-state index < -0.39 is 0 Å². The zero-order valence-electron chi connectivity index (χ0n) is 12.9. The molecule has 1 amide bonds. The Bertz CT molecular complexity index is 380. The molecule has 3 heteroatoms. The fourth-order valence-corrected chi connectivity index (χ4v) is 6.14. The van der Waals surface area contributed by atoms with E-state index in [1.54, 1.807) is 0 Å². The summed E-state index contributed by atoms with van der Waals surface area (Å²) in [6, 6.07) is 0.320. The van der Waals surface area contributed by atoms with Crippen LogP contribution in [0.4, 0.5) is 0 Å². The monoisotopic (exact) mass is 341 g/mol. The number of carbonyl (C=O) groups is 1. The Labute approximate surface area is 131 Å². The van der Waals surface area contributed by atoms with Crippen LogP contribution >= 0.6 is 15.9 Å². The number of carbonyl (C=O) groups excluding carboxylic acids is 1. The van der Waals surface area contributed by atoms with Gasteiger partial charge in [-0.05, 0) is 75.5 Å². The van der Waals surface area contributed by atoms with Crippen LogP contribution in [0.2, 0.25) is 0 Å². The summed E-state index contributed by atoms with van der Waals surface area (Å²) < 4.78 is 0. The minimum Gasteiger partial charge on any atom is -0.353 e. The summed E-state index contributed by atoms with van der Waals surface area (Å²) in [5.74, 6) is 2.02. The quantitative estimate of drug-likeness (QED) is 0.743. The molecule has 3 atom stereocenters. The lowest BCUT2D eigenvalue weighted by atomic mass is 9.44. The summed E-state index contributed by atoms with van der Waals surface area (Å²) >= 11 is 3.47. The number of hydrogen-bond acceptors (Lipinski definition) is 1. The molecule has 3 unspecified atom stereocenters. The van der Waals surface area contributed by atoms with Gasteiger partial charge in [-0.1, -0.05) is 22.9 Å². The summed E-state index contributed by atoms with van der Waals surface area (Å²) in [4.78, 5) is 12.9. The molecule has 1 N–H and O–H groups in total. The number of amides is 1. The van der Waals surface area contributed by atoms with E-state index in [0.717, 1.165) is 49.3 Å². The molecule has 4 fully saturated rings. The maximum Gasteiger partial charge on any atom is 0.226 e. The van der Waals surface area contributed by atoms with Crippen molar-refractivity contribution in [2.24, 2.45) is 22.7 Å². The lowest BCUT2D eigenvalue weighted by Crippen LogP contribution is -2.57. The third-order valence-electron chi connectivity index (χ3n) is 5.98. The van der Waals surface area contributed by atoms with Crippen molar-refractivity contribution in [3.8, 4) is 0 Å². The molecule has 2 nitrogen and oxygen atoms in total. The highest BCUT2D eigenvalue weighted by Crippen LogP contribution is 2.65. The maximum atomic E-state index is 12.9. The number of nitrogens with one attached hydrogen (secondary N) is 1. The van der Waals surface area contributed by atoms with Crippen LogP contribution in [0.5, 0.6) is 0 Å². The SMILES string of the molecule is CC(CCCBr)NC(=O)C12CC3CC(CC(C)(C3)C1)C2. The first-order chi connectivity index (χ1) is 9.45. The summed E-state index contributed by atoms with van der Waals surface area (Å²) in [7, 11) is 0. The average Bonchev–Trinajstić information content (AvgIpc) is 2.33. The first kappa shape index (κ1) is 14.9. The molecule has 4 bridgehead atoms. The van der Waals surface area contributed by atoms with Gasteiger partial charge in [-0.25, -0.2) is 0 Å². The van der Waals surface area contributed by atoms with Crippen molar-refractivity contribution >= 4 is 21.8 Å². The molecule has 0 aromatic carbocycles. The van der Waals surface area contributed by atoms with Gasteiger partial charge in [-0.2, -0.15) is 0 Å². The van der Waals surface area contributed by atoms with Gasteiger partial charge in [-0.15, -0.1) is 0 Å². The normalized spacial score (nSPS) is 43.5. The molecule has 0 aliphatic heterocycles. The lowest BCUT2D eigenvalue weighted by Gasteiger charge is -2.60. The number of alkyl halides is 1. The van der Waals surface area contributed by atoms with Crippen LogP contribution in [0.3, 0.4) is 0 Å².